The average molecular weight is 248 g/mol. The minimum atomic E-state index is -2.33. The summed E-state index contributed by atoms with van der Waals surface area (Å²) in [4.78, 5) is 2.05. The maximum atomic E-state index is 12.1. The summed E-state index contributed by atoms with van der Waals surface area (Å²) in [6.07, 6.45) is -2.33. The first-order valence-electron chi connectivity index (χ1n) is 4.71. The largest absolute Gasteiger partial charge is 0.297 e. The fourth-order valence-corrected chi connectivity index (χ4v) is 1.75. The molecule has 0 radical (unpaired) electrons. The van der Waals surface area contributed by atoms with Gasteiger partial charge in [-0.1, -0.05) is 12.1 Å². The molecule has 2 N–H and O–H groups in total. The molecule has 0 aromatic heterocycles. The summed E-state index contributed by atoms with van der Waals surface area (Å²) < 4.78 is 35.0. The van der Waals surface area contributed by atoms with E-state index in [-0.39, 0.29) is 6.54 Å². The maximum Gasteiger partial charge on any atom is 0.251 e. The Kier molecular flexibility index (Phi) is 4.98. The van der Waals surface area contributed by atoms with Crippen LogP contribution in [0.15, 0.2) is 29.2 Å². The number of hydrogen-bond donors (Lipinski definition) is 1. The van der Waals surface area contributed by atoms with Crippen LogP contribution in [0.25, 0.3) is 0 Å². The number of alkyl halides is 2. The van der Waals surface area contributed by atoms with E-state index in [1.165, 1.54) is 4.90 Å². The van der Waals surface area contributed by atoms with E-state index in [2.05, 4.69) is 0 Å². The van der Waals surface area contributed by atoms with Gasteiger partial charge in [0, 0.05) is 6.54 Å². The number of benzene rings is 1. The molecular formula is C10H14F2N2OS. The summed E-state index contributed by atoms with van der Waals surface area (Å²) in [5, 5.41) is 5.19. The van der Waals surface area contributed by atoms with E-state index in [0.717, 1.165) is 5.56 Å². The fourth-order valence-electron chi connectivity index (χ4n) is 1.34. The van der Waals surface area contributed by atoms with Crippen molar-refractivity contribution in [2.45, 2.75) is 17.9 Å². The smallest absolute Gasteiger partial charge is 0.251 e. The fraction of sp³-hybridized carbons (Fsp3) is 0.400. The third-order valence-electron chi connectivity index (χ3n) is 2.06. The topological polar surface area (TPSA) is 46.3 Å². The van der Waals surface area contributed by atoms with Gasteiger partial charge in [0.15, 0.2) is 0 Å². The van der Waals surface area contributed by atoms with Crippen LogP contribution >= 0.6 is 0 Å². The summed E-state index contributed by atoms with van der Waals surface area (Å²) in [7, 11) is 0.134. The third kappa shape index (κ3) is 4.34. The van der Waals surface area contributed by atoms with Crippen LogP contribution < -0.4 is 5.14 Å². The van der Waals surface area contributed by atoms with E-state index in [9.17, 15) is 13.0 Å². The number of nitrogens with zero attached hydrogens (tertiary/aromatic N) is 1. The van der Waals surface area contributed by atoms with E-state index in [1.807, 2.05) is 0 Å². The van der Waals surface area contributed by atoms with Crippen LogP contribution in [0, 0.1) is 0 Å². The molecule has 0 bridgehead atoms. The van der Waals surface area contributed by atoms with Gasteiger partial charge in [-0.15, -0.1) is 0 Å². The van der Waals surface area contributed by atoms with Gasteiger partial charge >= 0.3 is 0 Å². The van der Waals surface area contributed by atoms with Crippen LogP contribution in [0.4, 0.5) is 8.78 Å². The van der Waals surface area contributed by atoms with Crippen LogP contribution in [0.3, 0.4) is 0 Å². The minimum Gasteiger partial charge on any atom is -0.297 e. The lowest BCUT2D eigenvalue weighted by molar-refractivity contribution is 0.0975. The third-order valence-corrected chi connectivity index (χ3v) is 2.79. The molecule has 0 aliphatic rings. The van der Waals surface area contributed by atoms with E-state index in [1.54, 1.807) is 31.3 Å². The highest BCUT2D eigenvalue weighted by Gasteiger charge is 2.08. The summed E-state index contributed by atoms with van der Waals surface area (Å²) in [6.45, 7) is 0.173. The van der Waals surface area contributed by atoms with Crippen molar-refractivity contribution in [3.05, 3.63) is 29.8 Å². The first-order valence-corrected chi connectivity index (χ1v) is 5.92. The molecule has 1 aromatic carbocycles. The zero-order valence-electron chi connectivity index (χ0n) is 8.90. The second-order valence-corrected chi connectivity index (χ2v) is 4.60. The average Bonchev–Trinajstić information content (AvgIpc) is 2.16. The van der Waals surface area contributed by atoms with Crippen molar-refractivity contribution < 1.29 is 13.0 Å². The number of hydrogen-bond acceptors (Lipinski definition) is 2. The molecule has 1 atom stereocenters. The monoisotopic (exact) mass is 248 g/mol. The molecular weight excluding hydrogens is 234 g/mol. The first kappa shape index (κ1) is 13.2. The quantitative estimate of drug-likeness (QED) is 0.855. The SMILES string of the molecule is CN(Cc1ccc(S(N)=O)cc1)CC(F)F. The number of rotatable bonds is 5. The van der Waals surface area contributed by atoms with Crippen molar-refractivity contribution in [1.82, 2.24) is 4.90 Å². The van der Waals surface area contributed by atoms with Gasteiger partial charge in [0.2, 0.25) is 0 Å². The second kappa shape index (κ2) is 6.03. The van der Waals surface area contributed by atoms with Crippen molar-refractivity contribution in [2.75, 3.05) is 13.6 Å². The second-order valence-electron chi connectivity index (χ2n) is 3.53. The molecule has 0 heterocycles. The highest BCUT2D eigenvalue weighted by Crippen LogP contribution is 2.09. The summed E-state index contributed by atoms with van der Waals surface area (Å²) in [6, 6.07) is 6.76. The van der Waals surface area contributed by atoms with Gasteiger partial charge in [-0.2, -0.15) is 0 Å². The molecule has 0 aliphatic carbocycles. The molecule has 0 fully saturated rings. The Balaban J connectivity index is 2.58. The standard InChI is InChI=1S/C10H14F2N2OS/c1-14(7-10(11)12)6-8-2-4-9(5-3-8)16(13)15/h2-5,10H,6-7,13H2,1H3. The Hall–Kier alpha value is -0.850. The molecule has 1 aromatic rings. The van der Waals surface area contributed by atoms with Gasteiger partial charge < -0.3 is 0 Å². The lowest BCUT2D eigenvalue weighted by Crippen LogP contribution is -2.24. The molecule has 16 heavy (non-hydrogen) atoms. The zero-order chi connectivity index (χ0) is 12.1. The Bertz CT molecular complexity index is 356. The van der Waals surface area contributed by atoms with E-state index in [4.69, 9.17) is 5.14 Å². The van der Waals surface area contributed by atoms with E-state index in [0.29, 0.717) is 11.4 Å². The van der Waals surface area contributed by atoms with Gasteiger partial charge in [0.1, 0.15) is 11.0 Å². The molecule has 0 amide bonds. The number of nitrogens with two attached hydrogens (primary N) is 1. The van der Waals surface area contributed by atoms with Crippen molar-refractivity contribution in [3.63, 3.8) is 0 Å². The molecule has 0 aliphatic heterocycles. The Morgan fingerprint density at radius 1 is 1.38 bits per heavy atom. The Labute approximate surface area is 95.8 Å². The minimum absolute atomic E-state index is 0.259. The summed E-state index contributed by atoms with van der Waals surface area (Å²) in [5.74, 6) is 0. The molecule has 0 spiro atoms. The van der Waals surface area contributed by atoms with Crippen LogP contribution in [-0.4, -0.2) is 29.1 Å². The van der Waals surface area contributed by atoms with Gasteiger partial charge in [0.05, 0.1) is 11.4 Å². The van der Waals surface area contributed by atoms with Crippen LogP contribution in [0.1, 0.15) is 5.56 Å². The molecule has 90 valence electrons. The van der Waals surface area contributed by atoms with E-state index >= 15 is 0 Å². The van der Waals surface area contributed by atoms with Crippen LogP contribution in [0.5, 0.6) is 0 Å². The van der Waals surface area contributed by atoms with Crippen molar-refractivity contribution >= 4 is 11.0 Å². The van der Waals surface area contributed by atoms with Crippen LogP contribution in [-0.2, 0) is 17.5 Å². The van der Waals surface area contributed by atoms with Crippen LogP contribution in [0.2, 0.25) is 0 Å². The van der Waals surface area contributed by atoms with Crippen molar-refractivity contribution in [1.29, 1.82) is 0 Å². The van der Waals surface area contributed by atoms with E-state index < -0.39 is 17.4 Å². The maximum absolute atomic E-state index is 12.1. The first-order chi connectivity index (χ1) is 7.49. The van der Waals surface area contributed by atoms with Gasteiger partial charge in [-0.3, -0.25) is 4.90 Å². The summed E-state index contributed by atoms with van der Waals surface area (Å²) in [5.41, 5.74) is 0.886. The normalized spacial score (nSPS) is 13.4. The van der Waals surface area contributed by atoms with Crippen molar-refractivity contribution in [2.24, 2.45) is 5.14 Å². The number of halogens is 2. The predicted molar refractivity (Wildman–Crippen MR) is 59.4 cm³/mol. The zero-order valence-corrected chi connectivity index (χ0v) is 9.71. The lowest BCUT2D eigenvalue weighted by atomic mass is 10.2. The van der Waals surface area contributed by atoms with Crippen molar-refractivity contribution in [3.8, 4) is 0 Å². The Morgan fingerprint density at radius 2 is 1.94 bits per heavy atom. The molecule has 6 heteroatoms. The van der Waals surface area contributed by atoms with Gasteiger partial charge in [-0.25, -0.2) is 18.1 Å². The molecule has 0 saturated carbocycles. The highest BCUT2D eigenvalue weighted by atomic mass is 32.2. The highest BCUT2D eigenvalue weighted by molar-refractivity contribution is 7.82. The lowest BCUT2D eigenvalue weighted by Gasteiger charge is -2.15. The molecule has 1 unspecified atom stereocenters. The molecule has 3 nitrogen and oxygen atoms in total. The molecule has 1 rings (SSSR count). The predicted octanol–water partition coefficient (Wildman–Crippen LogP) is 1.36. The molecule has 0 saturated heterocycles. The van der Waals surface area contributed by atoms with Gasteiger partial charge in [0.25, 0.3) is 6.43 Å². The van der Waals surface area contributed by atoms with Gasteiger partial charge in [-0.05, 0) is 24.7 Å². The summed E-state index contributed by atoms with van der Waals surface area (Å²) >= 11 is 0. The Morgan fingerprint density at radius 3 is 2.38 bits per heavy atom.